The van der Waals surface area contributed by atoms with Crippen molar-refractivity contribution in [1.29, 1.82) is 0 Å². The van der Waals surface area contributed by atoms with Crippen molar-refractivity contribution < 1.29 is 22.4 Å². The monoisotopic (exact) mass is 392 g/mol. The van der Waals surface area contributed by atoms with E-state index >= 15 is 0 Å². The number of amides is 1. The average Bonchev–Trinajstić information content (AvgIpc) is 2.99. The zero-order chi connectivity index (χ0) is 18.2. The van der Waals surface area contributed by atoms with E-state index in [2.05, 4.69) is 10.3 Å². The molecule has 1 aromatic carbocycles. The average molecular weight is 393 g/mol. The molecule has 0 aliphatic carbocycles. The van der Waals surface area contributed by atoms with Gasteiger partial charge >= 0.3 is 6.18 Å². The Balaban J connectivity index is 0.00000243. The summed E-state index contributed by atoms with van der Waals surface area (Å²) in [7, 11) is 1.75. The van der Waals surface area contributed by atoms with Gasteiger partial charge in [-0.1, -0.05) is 6.07 Å². The molecule has 2 aromatic rings. The first-order valence-corrected chi connectivity index (χ1v) is 7.65. The second-order valence-electron chi connectivity index (χ2n) is 5.78. The van der Waals surface area contributed by atoms with Crippen LogP contribution in [0.1, 0.15) is 27.8 Å². The molecule has 0 spiro atoms. The third-order valence-corrected chi connectivity index (χ3v) is 4.20. The van der Waals surface area contributed by atoms with Crippen molar-refractivity contribution in [2.24, 2.45) is 7.05 Å². The normalized spacial score (nSPS) is 17.7. The number of rotatable bonds is 2. The number of halogens is 5. The largest absolute Gasteiger partial charge is 0.419 e. The number of hydrogen-bond acceptors (Lipinski definition) is 3. The van der Waals surface area contributed by atoms with E-state index in [-0.39, 0.29) is 19.0 Å². The van der Waals surface area contributed by atoms with E-state index in [1.807, 2.05) is 0 Å². The lowest BCUT2D eigenvalue weighted by atomic mass is 10.1. The van der Waals surface area contributed by atoms with Crippen molar-refractivity contribution in [3.63, 3.8) is 0 Å². The van der Waals surface area contributed by atoms with Gasteiger partial charge in [-0.2, -0.15) is 13.2 Å². The summed E-state index contributed by atoms with van der Waals surface area (Å²) in [5.41, 5.74) is -2.03. The lowest BCUT2D eigenvalue weighted by Crippen LogP contribution is -2.49. The van der Waals surface area contributed by atoms with Crippen LogP contribution in [0.4, 0.5) is 17.6 Å². The van der Waals surface area contributed by atoms with E-state index in [4.69, 9.17) is 0 Å². The molecule has 1 N–H and O–H groups in total. The Labute approximate surface area is 153 Å². The highest BCUT2D eigenvalue weighted by Gasteiger charge is 2.38. The number of hydrogen-bond donors (Lipinski definition) is 1. The minimum atomic E-state index is -4.86. The molecule has 1 unspecified atom stereocenters. The lowest BCUT2D eigenvalue weighted by molar-refractivity contribution is -0.140. The highest BCUT2D eigenvalue weighted by Crippen LogP contribution is 2.33. The summed E-state index contributed by atoms with van der Waals surface area (Å²) in [6.07, 6.45) is -1.59. The number of carbonyl (C=O) groups excluding carboxylic acids is 1. The molecule has 1 atom stereocenters. The van der Waals surface area contributed by atoms with Crippen molar-refractivity contribution in [2.75, 3.05) is 19.6 Å². The maximum Gasteiger partial charge on any atom is 0.419 e. The SMILES string of the molecule is Cl.Cn1ccnc1C1CNCCN1C(=O)c1cccc(C(F)(F)F)c1F. The molecule has 2 heterocycles. The van der Waals surface area contributed by atoms with E-state index in [0.717, 1.165) is 12.1 Å². The van der Waals surface area contributed by atoms with Gasteiger partial charge in [0.2, 0.25) is 0 Å². The van der Waals surface area contributed by atoms with Crippen LogP contribution in [0.5, 0.6) is 0 Å². The molecule has 1 aliphatic heterocycles. The van der Waals surface area contributed by atoms with Crippen molar-refractivity contribution in [1.82, 2.24) is 19.8 Å². The summed E-state index contributed by atoms with van der Waals surface area (Å²) in [5, 5.41) is 3.12. The van der Waals surface area contributed by atoms with E-state index in [1.54, 1.807) is 24.0 Å². The molecule has 1 saturated heterocycles. The summed E-state index contributed by atoms with van der Waals surface area (Å²) in [5.74, 6) is -1.75. The fourth-order valence-corrected chi connectivity index (χ4v) is 2.95. The van der Waals surface area contributed by atoms with Crippen molar-refractivity contribution in [3.8, 4) is 0 Å². The van der Waals surface area contributed by atoms with Crippen LogP contribution in [0.15, 0.2) is 30.6 Å². The Morgan fingerprint density at radius 1 is 1.35 bits per heavy atom. The van der Waals surface area contributed by atoms with Gasteiger partial charge in [0.25, 0.3) is 5.91 Å². The van der Waals surface area contributed by atoms with Crippen LogP contribution in [0.3, 0.4) is 0 Å². The third-order valence-electron chi connectivity index (χ3n) is 4.20. The van der Waals surface area contributed by atoms with Gasteiger partial charge in [0.15, 0.2) is 0 Å². The second-order valence-corrected chi connectivity index (χ2v) is 5.78. The first-order chi connectivity index (χ1) is 11.8. The van der Waals surface area contributed by atoms with Crippen LogP contribution in [0.2, 0.25) is 0 Å². The standard InChI is InChI=1S/C16H16F4N4O.ClH/c1-23-7-6-22-14(23)12-9-21-5-8-24(12)15(25)10-3-2-4-11(13(10)17)16(18,19)20;/h2-4,6-7,12,21H,5,8-9H2,1H3;1H. The predicted octanol–water partition coefficient (Wildman–Crippen LogP) is 2.79. The van der Waals surface area contributed by atoms with Crippen molar-refractivity contribution in [2.45, 2.75) is 12.2 Å². The number of carbonyl (C=O) groups is 1. The van der Waals surface area contributed by atoms with Gasteiger partial charge in [-0.05, 0) is 12.1 Å². The Hall–Kier alpha value is -2.13. The second kappa shape index (κ2) is 7.63. The number of alkyl halides is 3. The number of aryl methyl sites for hydroxylation is 1. The maximum absolute atomic E-state index is 14.3. The number of nitrogens with one attached hydrogen (secondary N) is 1. The number of aromatic nitrogens is 2. The highest BCUT2D eigenvalue weighted by atomic mass is 35.5. The summed E-state index contributed by atoms with van der Waals surface area (Å²) in [4.78, 5) is 18.3. The third kappa shape index (κ3) is 3.68. The molecule has 0 saturated carbocycles. The van der Waals surface area contributed by atoms with Crippen LogP contribution >= 0.6 is 12.4 Å². The van der Waals surface area contributed by atoms with E-state index in [0.29, 0.717) is 25.0 Å². The summed E-state index contributed by atoms with van der Waals surface area (Å²) < 4.78 is 54.7. The van der Waals surface area contributed by atoms with Crippen LogP contribution in [0, 0.1) is 5.82 Å². The van der Waals surface area contributed by atoms with Gasteiger partial charge in [-0.25, -0.2) is 9.37 Å². The van der Waals surface area contributed by atoms with Crippen molar-refractivity contribution in [3.05, 3.63) is 53.4 Å². The first kappa shape index (κ1) is 20.2. The molecule has 1 aromatic heterocycles. The van der Waals surface area contributed by atoms with E-state index in [1.165, 1.54) is 4.90 Å². The fraction of sp³-hybridized carbons (Fsp3) is 0.375. The Bertz CT molecular complexity index is 793. The minimum Gasteiger partial charge on any atom is -0.336 e. The summed E-state index contributed by atoms with van der Waals surface area (Å²) in [6.45, 7) is 1.09. The van der Waals surface area contributed by atoms with Crippen molar-refractivity contribution >= 4 is 18.3 Å². The minimum absolute atomic E-state index is 0. The van der Waals surface area contributed by atoms with Gasteiger partial charge in [-0.3, -0.25) is 4.79 Å². The molecular weight excluding hydrogens is 376 g/mol. The molecule has 1 aliphatic rings. The maximum atomic E-state index is 14.3. The van der Waals surface area contributed by atoms with Gasteiger partial charge in [0.05, 0.1) is 11.1 Å². The topological polar surface area (TPSA) is 50.2 Å². The molecule has 5 nitrogen and oxygen atoms in total. The first-order valence-electron chi connectivity index (χ1n) is 7.65. The molecular formula is C16H17ClF4N4O. The number of nitrogens with zero attached hydrogens (tertiary/aromatic N) is 3. The smallest absolute Gasteiger partial charge is 0.336 e. The molecule has 1 fully saturated rings. The predicted molar refractivity (Wildman–Crippen MR) is 88.5 cm³/mol. The highest BCUT2D eigenvalue weighted by molar-refractivity contribution is 5.95. The Morgan fingerprint density at radius 2 is 2.08 bits per heavy atom. The molecule has 0 radical (unpaired) electrons. The lowest BCUT2D eigenvalue weighted by Gasteiger charge is -2.36. The van der Waals surface area contributed by atoms with Crippen LogP contribution in [0.25, 0.3) is 0 Å². The summed E-state index contributed by atoms with van der Waals surface area (Å²) >= 11 is 0. The molecule has 26 heavy (non-hydrogen) atoms. The Morgan fingerprint density at radius 3 is 2.69 bits per heavy atom. The van der Waals surface area contributed by atoms with Gasteiger partial charge < -0.3 is 14.8 Å². The van der Waals surface area contributed by atoms with Crippen LogP contribution < -0.4 is 5.32 Å². The molecule has 10 heteroatoms. The van der Waals surface area contributed by atoms with Gasteiger partial charge in [0, 0.05) is 39.1 Å². The quantitative estimate of drug-likeness (QED) is 0.800. The van der Waals surface area contributed by atoms with Crippen LogP contribution in [-0.4, -0.2) is 40.0 Å². The van der Waals surface area contributed by atoms with E-state index in [9.17, 15) is 22.4 Å². The van der Waals surface area contributed by atoms with Gasteiger partial charge in [0.1, 0.15) is 17.7 Å². The van der Waals surface area contributed by atoms with E-state index < -0.39 is 35.1 Å². The number of benzene rings is 1. The zero-order valence-corrected chi connectivity index (χ0v) is 14.6. The molecule has 3 rings (SSSR count). The van der Waals surface area contributed by atoms with Gasteiger partial charge in [-0.15, -0.1) is 12.4 Å². The molecule has 0 bridgehead atoms. The Kier molecular flexibility index (Phi) is 5.92. The number of imidazole rings is 1. The zero-order valence-electron chi connectivity index (χ0n) is 13.8. The summed E-state index contributed by atoms with van der Waals surface area (Å²) in [6, 6.07) is 2.25. The number of piperazine rings is 1. The molecule has 142 valence electrons. The van der Waals surface area contributed by atoms with Crippen LogP contribution in [-0.2, 0) is 13.2 Å². The molecule has 1 amide bonds. The fourth-order valence-electron chi connectivity index (χ4n) is 2.95.